The third-order valence-corrected chi connectivity index (χ3v) is 2.06. The lowest BCUT2D eigenvalue weighted by atomic mass is 10.8. The lowest BCUT2D eigenvalue weighted by molar-refractivity contribution is 0.922. The number of alkyl halides is 2. The Balaban J connectivity index is 2.99. The number of aromatic nitrogens is 3. The maximum atomic E-state index is 5.56. The zero-order chi connectivity index (χ0) is 9.84. The van der Waals surface area contributed by atoms with Crippen molar-refractivity contribution in [2.45, 2.75) is 0 Å². The monoisotopic (exact) mass is 260 g/mol. The Bertz CT molecular complexity index is 270. The molecule has 0 N–H and O–H groups in total. The van der Waals surface area contributed by atoms with Crippen LogP contribution in [0.15, 0.2) is 0 Å². The van der Waals surface area contributed by atoms with E-state index in [4.69, 9.17) is 46.4 Å². The molecule has 72 valence electrons. The van der Waals surface area contributed by atoms with E-state index in [0.717, 1.165) is 0 Å². The zero-order valence-electron chi connectivity index (χ0n) is 6.21. The van der Waals surface area contributed by atoms with Gasteiger partial charge in [0.25, 0.3) is 0 Å². The Labute approximate surface area is 94.8 Å². The molecule has 1 aromatic heterocycles. The molecule has 0 aliphatic rings. The van der Waals surface area contributed by atoms with E-state index >= 15 is 0 Å². The highest BCUT2D eigenvalue weighted by Crippen LogP contribution is 2.14. The van der Waals surface area contributed by atoms with Crippen molar-refractivity contribution in [3.05, 3.63) is 10.6 Å². The number of rotatable bonds is 3. The van der Waals surface area contributed by atoms with Crippen LogP contribution in [0, 0.1) is 0 Å². The van der Waals surface area contributed by atoms with Gasteiger partial charge in [-0.05, 0) is 23.2 Å². The van der Waals surface area contributed by atoms with Gasteiger partial charge in [-0.3, -0.25) is 0 Å². The van der Waals surface area contributed by atoms with Crippen LogP contribution in [0.25, 0.3) is 0 Å². The topological polar surface area (TPSA) is 41.9 Å². The van der Waals surface area contributed by atoms with Gasteiger partial charge in [-0.15, -0.1) is 23.2 Å². The summed E-state index contributed by atoms with van der Waals surface area (Å²) in [7, 11) is 0. The van der Waals surface area contributed by atoms with Crippen LogP contribution < -0.4 is 4.90 Å². The summed E-state index contributed by atoms with van der Waals surface area (Å²) in [4.78, 5) is 12.6. The van der Waals surface area contributed by atoms with Crippen LogP contribution in [-0.2, 0) is 0 Å². The van der Waals surface area contributed by atoms with E-state index in [1.807, 2.05) is 0 Å². The first-order chi connectivity index (χ1) is 6.17. The molecule has 13 heavy (non-hydrogen) atoms. The molecular formula is C5H4Cl4N4. The van der Waals surface area contributed by atoms with Gasteiger partial charge in [-0.2, -0.15) is 15.0 Å². The molecule has 0 aliphatic heterocycles. The van der Waals surface area contributed by atoms with E-state index in [-0.39, 0.29) is 28.5 Å². The minimum atomic E-state index is 0.00948. The number of anilines is 1. The van der Waals surface area contributed by atoms with Gasteiger partial charge in [0.1, 0.15) is 0 Å². The molecule has 0 saturated carbocycles. The van der Waals surface area contributed by atoms with Crippen LogP contribution >= 0.6 is 46.4 Å². The van der Waals surface area contributed by atoms with Crippen LogP contribution in [0.5, 0.6) is 0 Å². The largest absolute Gasteiger partial charge is 0.313 e. The predicted octanol–water partition coefficient (Wildman–Crippen LogP) is 2.38. The molecule has 1 rings (SSSR count). The standard InChI is InChI=1S/C5H4Cl4N4/c6-1-13(2-7)5-11-3(8)10-4(9)12-5/h1-2H2. The van der Waals surface area contributed by atoms with Crippen molar-refractivity contribution in [1.82, 2.24) is 15.0 Å². The molecule has 0 amide bonds. The van der Waals surface area contributed by atoms with Crippen LogP contribution in [0.4, 0.5) is 5.95 Å². The SMILES string of the molecule is ClCN(CCl)c1nc(Cl)nc(Cl)n1. The molecule has 0 aromatic carbocycles. The molecule has 0 fully saturated rings. The van der Waals surface area contributed by atoms with Crippen LogP contribution in [0.2, 0.25) is 10.6 Å². The van der Waals surface area contributed by atoms with Gasteiger partial charge in [0.05, 0.1) is 12.0 Å². The predicted molar refractivity (Wildman–Crippen MR) is 53.8 cm³/mol. The molecule has 8 heteroatoms. The molecule has 0 bridgehead atoms. The minimum absolute atomic E-state index is 0.00948. The molecule has 0 unspecified atom stereocenters. The van der Waals surface area contributed by atoms with E-state index in [1.54, 1.807) is 0 Å². The highest BCUT2D eigenvalue weighted by Gasteiger charge is 2.09. The van der Waals surface area contributed by atoms with Crippen LogP contribution in [0.3, 0.4) is 0 Å². The van der Waals surface area contributed by atoms with Gasteiger partial charge in [-0.25, -0.2) is 0 Å². The summed E-state index contributed by atoms with van der Waals surface area (Å²) in [5, 5.41) is 0.0190. The van der Waals surface area contributed by atoms with Crippen molar-refractivity contribution in [1.29, 1.82) is 0 Å². The highest BCUT2D eigenvalue weighted by molar-refractivity contribution is 6.31. The first kappa shape index (κ1) is 11.0. The smallest absolute Gasteiger partial charge is 0.232 e. The molecule has 0 aliphatic carbocycles. The molecular weight excluding hydrogens is 258 g/mol. The second-order valence-electron chi connectivity index (χ2n) is 1.95. The maximum Gasteiger partial charge on any atom is 0.232 e. The lowest BCUT2D eigenvalue weighted by Crippen LogP contribution is -2.22. The average molecular weight is 262 g/mol. The van der Waals surface area contributed by atoms with Crippen LogP contribution in [-0.4, -0.2) is 27.0 Å². The molecule has 0 atom stereocenters. The van der Waals surface area contributed by atoms with Crippen molar-refractivity contribution in [3.8, 4) is 0 Å². The number of hydrogen-bond acceptors (Lipinski definition) is 4. The summed E-state index contributed by atoms with van der Waals surface area (Å²) < 4.78 is 0. The minimum Gasteiger partial charge on any atom is -0.313 e. The van der Waals surface area contributed by atoms with Crippen molar-refractivity contribution in [2.75, 3.05) is 16.9 Å². The summed E-state index contributed by atoms with van der Waals surface area (Å²) in [6.45, 7) is 0. The molecule has 0 saturated heterocycles. The third kappa shape index (κ3) is 2.98. The summed E-state index contributed by atoms with van der Waals surface area (Å²) >= 11 is 22.2. The summed E-state index contributed by atoms with van der Waals surface area (Å²) in [5.41, 5.74) is 0. The third-order valence-electron chi connectivity index (χ3n) is 1.14. The quantitative estimate of drug-likeness (QED) is 0.619. The molecule has 1 heterocycles. The van der Waals surface area contributed by atoms with Gasteiger partial charge in [0, 0.05) is 0 Å². The first-order valence-corrected chi connectivity index (χ1v) is 4.94. The van der Waals surface area contributed by atoms with E-state index in [1.165, 1.54) is 4.90 Å². The summed E-state index contributed by atoms with van der Waals surface area (Å²) in [6.07, 6.45) is 0. The Morgan fingerprint density at radius 2 is 1.38 bits per heavy atom. The molecule has 4 nitrogen and oxygen atoms in total. The first-order valence-electron chi connectivity index (χ1n) is 3.11. The Morgan fingerprint density at radius 1 is 0.923 bits per heavy atom. The van der Waals surface area contributed by atoms with E-state index in [9.17, 15) is 0 Å². The molecule has 1 aromatic rings. The van der Waals surface area contributed by atoms with Crippen molar-refractivity contribution in [3.63, 3.8) is 0 Å². The second kappa shape index (κ2) is 5.00. The van der Waals surface area contributed by atoms with Crippen LogP contribution in [0.1, 0.15) is 0 Å². The van der Waals surface area contributed by atoms with E-state index < -0.39 is 0 Å². The van der Waals surface area contributed by atoms with Gasteiger partial charge in [0.2, 0.25) is 16.5 Å². The second-order valence-corrected chi connectivity index (χ2v) is 3.11. The lowest BCUT2D eigenvalue weighted by Gasteiger charge is -2.15. The molecule has 0 spiro atoms. The Hall–Kier alpha value is -0.0300. The average Bonchev–Trinajstić information content (AvgIpc) is 2.04. The molecule has 0 radical (unpaired) electrons. The van der Waals surface area contributed by atoms with Crippen molar-refractivity contribution in [2.24, 2.45) is 0 Å². The van der Waals surface area contributed by atoms with Crippen molar-refractivity contribution < 1.29 is 0 Å². The number of hydrogen-bond donors (Lipinski definition) is 0. The zero-order valence-corrected chi connectivity index (χ0v) is 9.24. The van der Waals surface area contributed by atoms with E-state index in [2.05, 4.69) is 15.0 Å². The van der Waals surface area contributed by atoms with Gasteiger partial charge >= 0.3 is 0 Å². The summed E-state index contributed by atoms with van der Waals surface area (Å²) in [6, 6.07) is 0.306. The normalized spacial score (nSPS) is 10.2. The van der Waals surface area contributed by atoms with Crippen molar-refractivity contribution >= 4 is 52.4 Å². The summed E-state index contributed by atoms with van der Waals surface area (Å²) in [5.74, 6) is 0.259. The van der Waals surface area contributed by atoms with Gasteiger partial charge in [-0.1, -0.05) is 0 Å². The number of halogens is 4. The fourth-order valence-corrected chi connectivity index (χ4v) is 1.42. The van der Waals surface area contributed by atoms with E-state index in [0.29, 0.717) is 0 Å². The fraction of sp³-hybridized carbons (Fsp3) is 0.400. The Morgan fingerprint density at radius 3 is 1.77 bits per heavy atom. The fourth-order valence-electron chi connectivity index (χ4n) is 0.596. The van der Waals surface area contributed by atoms with Gasteiger partial charge < -0.3 is 4.90 Å². The Kier molecular flexibility index (Phi) is 4.25. The number of nitrogens with zero attached hydrogens (tertiary/aromatic N) is 4. The van der Waals surface area contributed by atoms with Gasteiger partial charge in [0.15, 0.2) is 0 Å². The highest BCUT2D eigenvalue weighted by atomic mass is 35.5. The maximum absolute atomic E-state index is 5.56.